The van der Waals surface area contributed by atoms with Crippen molar-refractivity contribution in [2.24, 2.45) is 10.4 Å². The highest BCUT2D eigenvalue weighted by atomic mass is 127. The average Bonchev–Trinajstić information content (AvgIpc) is 2.44. The number of nitrogens with one attached hydrogen (secondary N) is 2. The molecule has 1 heterocycles. The lowest BCUT2D eigenvalue weighted by Crippen LogP contribution is -2.47. The van der Waals surface area contributed by atoms with Crippen molar-refractivity contribution in [3.05, 3.63) is 0 Å². The van der Waals surface area contributed by atoms with Crippen LogP contribution in [0, 0.1) is 5.41 Å². The number of halogens is 1. The van der Waals surface area contributed by atoms with Crippen LogP contribution in [0.1, 0.15) is 46.5 Å². The molecule has 2 atom stereocenters. The number of thioether (sulfide) groups is 1. The molecule has 0 aromatic carbocycles. The summed E-state index contributed by atoms with van der Waals surface area (Å²) in [5.41, 5.74) is 0.246. The largest absolute Gasteiger partial charge is 0.380 e. The number of hydrogen-bond acceptors (Lipinski definition) is 3. The van der Waals surface area contributed by atoms with E-state index in [-0.39, 0.29) is 29.4 Å². The maximum Gasteiger partial charge on any atom is 0.191 e. The number of guanidine groups is 1. The Labute approximate surface area is 157 Å². The minimum atomic E-state index is 0. The Hall–Kier alpha value is 0.310. The summed E-state index contributed by atoms with van der Waals surface area (Å²) in [6, 6.07) is 0.575. The molecule has 2 rings (SSSR count). The minimum Gasteiger partial charge on any atom is -0.380 e. The third-order valence-corrected chi connectivity index (χ3v) is 5.47. The van der Waals surface area contributed by atoms with Gasteiger partial charge in [-0.3, -0.25) is 4.99 Å². The molecule has 1 aliphatic carbocycles. The van der Waals surface area contributed by atoms with E-state index in [1.807, 2.05) is 0 Å². The standard InChI is InChI=1S/C16H31N3OS.HI/c1-4-17-15(18-10-16(3)11-20-12-16)19-13-7-6-8-14(9-13)21-5-2;/h13-14H,4-12H2,1-3H3,(H2,17,18,19);1H. The summed E-state index contributed by atoms with van der Waals surface area (Å²) in [6.45, 7) is 10.1. The molecule has 4 nitrogen and oxygen atoms in total. The van der Waals surface area contributed by atoms with Gasteiger partial charge in [-0.15, -0.1) is 24.0 Å². The van der Waals surface area contributed by atoms with Gasteiger partial charge in [0.25, 0.3) is 0 Å². The van der Waals surface area contributed by atoms with Gasteiger partial charge in [0.05, 0.1) is 19.8 Å². The number of rotatable bonds is 6. The van der Waals surface area contributed by atoms with Gasteiger partial charge in [-0.25, -0.2) is 0 Å². The SMILES string of the molecule is CCNC(=NCC1(C)COC1)NC1CCCC(SCC)C1.I. The van der Waals surface area contributed by atoms with Gasteiger partial charge in [-0.05, 0) is 31.9 Å². The molecular formula is C16H32IN3OS. The highest BCUT2D eigenvalue weighted by molar-refractivity contribution is 14.0. The lowest BCUT2D eigenvalue weighted by molar-refractivity contribution is -0.0945. The number of nitrogens with zero attached hydrogens (tertiary/aromatic N) is 1. The Morgan fingerprint density at radius 2 is 2.09 bits per heavy atom. The Balaban J connectivity index is 0.00000242. The van der Waals surface area contributed by atoms with E-state index in [9.17, 15) is 0 Å². The van der Waals surface area contributed by atoms with Gasteiger partial charge in [0.15, 0.2) is 5.96 Å². The summed E-state index contributed by atoms with van der Waals surface area (Å²) in [5.74, 6) is 2.21. The molecule has 0 spiro atoms. The van der Waals surface area contributed by atoms with Gasteiger partial charge < -0.3 is 15.4 Å². The average molecular weight is 441 g/mol. The molecule has 22 heavy (non-hydrogen) atoms. The molecule has 130 valence electrons. The number of ether oxygens (including phenoxy) is 1. The van der Waals surface area contributed by atoms with E-state index in [4.69, 9.17) is 9.73 Å². The van der Waals surface area contributed by atoms with E-state index in [1.165, 1.54) is 31.4 Å². The zero-order valence-corrected chi connectivity index (χ0v) is 17.3. The summed E-state index contributed by atoms with van der Waals surface area (Å²) in [7, 11) is 0. The van der Waals surface area contributed by atoms with Crippen molar-refractivity contribution in [2.45, 2.75) is 57.7 Å². The van der Waals surface area contributed by atoms with Crippen LogP contribution in [0.2, 0.25) is 0 Å². The fourth-order valence-corrected chi connectivity index (χ4v) is 4.16. The second-order valence-electron chi connectivity index (χ2n) is 6.58. The zero-order chi connectivity index (χ0) is 15.1. The molecule has 0 aromatic rings. The summed E-state index contributed by atoms with van der Waals surface area (Å²) >= 11 is 2.11. The molecule has 2 aliphatic rings. The van der Waals surface area contributed by atoms with E-state index >= 15 is 0 Å². The highest BCUT2D eigenvalue weighted by Crippen LogP contribution is 2.29. The van der Waals surface area contributed by atoms with Gasteiger partial charge in [0.1, 0.15) is 0 Å². The minimum absolute atomic E-state index is 0. The first-order chi connectivity index (χ1) is 10.1. The smallest absolute Gasteiger partial charge is 0.191 e. The van der Waals surface area contributed by atoms with E-state index in [1.54, 1.807) is 0 Å². The van der Waals surface area contributed by atoms with Crippen LogP contribution in [0.5, 0.6) is 0 Å². The van der Waals surface area contributed by atoms with E-state index in [0.29, 0.717) is 6.04 Å². The van der Waals surface area contributed by atoms with Gasteiger partial charge in [0.2, 0.25) is 0 Å². The predicted octanol–water partition coefficient (Wildman–Crippen LogP) is 3.26. The molecule has 1 aliphatic heterocycles. The van der Waals surface area contributed by atoms with Gasteiger partial charge >= 0.3 is 0 Å². The maximum absolute atomic E-state index is 5.31. The van der Waals surface area contributed by atoms with Crippen molar-refractivity contribution in [3.8, 4) is 0 Å². The quantitative estimate of drug-likeness (QED) is 0.378. The molecular weight excluding hydrogens is 409 g/mol. The fraction of sp³-hybridized carbons (Fsp3) is 0.938. The van der Waals surface area contributed by atoms with Crippen LogP contribution in [0.4, 0.5) is 0 Å². The fourth-order valence-electron chi connectivity index (χ4n) is 2.99. The molecule has 1 saturated carbocycles. The van der Waals surface area contributed by atoms with E-state index in [0.717, 1.165) is 37.5 Å². The molecule has 2 N–H and O–H groups in total. The van der Waals surface area contributed by atoms with Crippen LogP contribution in [0.15, 0.2) is 4.99 Å². The third kappa shape index (κ3) is 6.43. The summed E-state index contributed by atoms with van der Waals surface area (Å²) in [6.07, 6.45) is 5.24. The first-order valence-corrected chi connectivity index (χ1v) is 9.44. The molecule has 0 amide bonds. The van der Waals surface area contributed by atoms with Crippen molar-refractivity contribution in [1.82, 2.24) is 10.6 Å². The number of aliphatic imine (C=N–C) groups is 1. The second kappa shape index (κ2) is 10.2. The highest BCUT2D eigenvalue weighted by Gasteiger charge is 2.33. The van der Waals surface area contributed by atoms with Crippen molar-refractivity contribution in [2.75, 3.05) is 32.1 Å². The Kier molecular flexibility index (Phi) is 9.47. The van der Waals surface area contributed by atoms with Crippen molar-refractivity contribution in [1.29, 1.82) is 0 Å². The molecule has 0 radical (unpaired) electrons. The van der Waals surface area contributed by atoms with Crippen LogP contribution in [-0.4, -0.2) is 49.3 Å². The molecule has 0 aromatic heterocycles. The zero-order valence-electron chi connectivity index (χ0n) is 14.2. The van der Waals surface area contributed by atoms with Gasteiger partial charge in [0, 0.05) is 23.3 Å². The number of hydrogen-bond donors (Lipinski definition) is 2. The molecule has 1 saturated heterocycles. The molecule has 6 heteroatoms. The Bertz CT molecular complexity index is 348. The normalized spacial score (nSPS) is 27.5. The van der Waals surface area contributed by atoms with Gasteiger partial charge in [-0.2, -0.15) is 11.8 Å². The van der Waals surface area contributed by atoms with Crippen molar-refractivity contribution >= 4 is 41.7 Å². The molecule has 0 bridgehead atoms. The second-order valence-corrected chi connectivity index (χ2v) is 8.16. The van der Waals surface area contributed by atoms with Crippen LogP contribution in [0.25, 0.3) is 0 Å². The monoisotopic (exact) mass is 441 g/mol. The molecule has 2 unspecified atom stereocenters. The Morgan fingerprint density at radius 3 is 2.68 bits per heavy atom. The lowest BCUT2D eigenvalue weighted by Gasteiger charge is -2.37. The maximum atomic E-state index is 5.31. The van der Waals surface area contributed by atoms with Crippen molar-refractivity contribution in [3.63, 3.8) is 0 Å². The van der Waals surface area contributed by atoms with Crippen molar-refractivity contribution < 1.29 is 4.74 Å². The third-order valence-electron chi connectivity index (χ3n) is 4.23. The Morgan fingerprint density at radius 1 is 1.32 bits per heavy atom. The first kappa shape index (κ1) is 20.4. The molecule has 2 fully saturated rings. The predicted molar refractivity (Wildman–Crippen MR) is 108 cm³/mol. The van der Waals surface area contributed by atoms with Crippen LogP contribution < -0.4 is 10.6 Å². The van der Waals surface area contributed by atoms with Crippen LogP contribution in [-0.2, 0) is 4.74 Å². The summed E-state index contributed by atoms with van der Waals surface area (Å²) in [4.78, 5) is 4.78. The van der Waals surface area contributed by atoms with E-state index in [2.05, 4.69) is 43.2 Å². The summed E-state index contributed by atoms with van der Waals surface area (Å²) in [5, 5.41) is 7.86. The van der Waals surface area contributed by atoms with E-state index < -0.39 is 0 Å². The van der Waals surface area contributed by atoms with Crippen LogP contribution >= 0.6 is 35.7 Å². The first-order valence-electron chi connectivity index (χ1n) is 8.39. The lowest BCUT2D eigenvalue weighted by atomic mass is 9.89. The summed E-state index contributed by atoms with van der Waals surface area (Å²) < 4.78 is 5.31. The van der Waals surface area contributed by atoms with Crippen LogP contribution in [0.3, 0.4) is 0 Å². The van der Waals surface area contributed by atoms with Gasteiger partial charge in [-0.1, -0.05) is 20.3 Å². The topological polar surface area (TPSA) is 45.7 Å².